The molecule has 11 heavy (non-hydrogen) atoms. The van der Waals surface area contributed by atoms with E-state index in [-0.39, 0.29) is 16.5 Å². The van der Waals surface area contributed by atoms with E-state index in [9.17, 15) is 4.79 Å². The number of terminal acetylenes is 2. The molecule has 2 unspecified atom stereocenters. The normalized spacial score (nSPS) is 29.7. The lowest BCUT2D eigenvalue weighted by atomic mass is 10.2. The highest BCUT2D eigenvalue weighted by atomic mass is 32.2. The lowest BCUT2D eigenvalue weighted by Crippen LogP contribution is -2.31. The van der Waals surface area contributed by atoms with Crippen LogP contribution in [0.4, 0.5) is 4.79 Å². The van der Waals surface area contributed by atoms with Gasteiger partial charge >= 0.3 is 0 Å². The Bertz CT molecular complexity index is 260. The largest absolute Gasteiger partial charge is 0.321 e. The van der Waals surface area contributed by atoms with Crippen LogP contribution in [-0.2, 0) is 0 Å². The zero-order valence-electron chi connectivity index (χ0n) is 6.07. The second-order valence-corrected chi connectivity index (χ2v) is 3.29. The van der Waals surface area contributed by atoms with Gasteiger partial charge in [0.2, 0.25) is 0 Å². The van der Waals surface area contributed by atoms with Gasteiger partial charge in [-0.2, -0.15) is 0 Å². The third-order valence-electron chi connectivity index (χ3n) is 1.55. The molecular formula is C8H7NOS. The summed E-state index contributed by atoms with van der Waals surface area (Å²) < 4.78 is 0. The van der Waals surface area contributed by atoms with Crippen LogP contribution in [0.2, 0.25) is 0 Å². The molecule has 2 nitrogen and oxygen atoms in total. The molecular weight excluding hydrogens is 158 g/mol. The first-order valence-electron chi connectivity index (χ1n) is 3.06. The highest BCUT2D eigenvalue weighted by Crippen LogP contribution is 2.28. The molecule has 0 aliphatic carbocycles. The first-order valence-corrected chi connectivity index (χ1v) is 3.94. The molecule has 1 fully saturated rings. The van der Waals surface area contributed by atoms with Gasteiger partial charge in [-0.05, 0) is 11.8 Å². The SMILES string of the molecule is C#CC1SC(=O)N(C)C1C#C. The molecule has 1 saturated heterocycles. The zero-order chi connectivity index (χ0) is 8.43. The van der Waals surface area contributed by atoms with Gasteiger partial charge in [-0.3, -0.25) is 4.79 Å². The number of nitrogens with zero attached hydrogens (tertiary/aromatic N) is 1. The topological polar surface area (TPSA) is 20.3 Å². The third-order valence-corrected chi connectivity index (χ3v) is 2.69. The summed E-state index contributed by atoms with van der Waals surface area (Å²) in [5.41, 5.74) is 0. The Morgan fingerprint density at radius 2 is 2.18 bits per heavy atom. The van der Waals surface area contributed by atoms with Crippen LogP contribution in [0.3, 0.4) is 0 Å². The second kappa shape index (κ2) is 2.90. The maximum absolute atomic E-state index is 11.0. The summed E-state index contributed by atoms with van der Waals surface area (Å²) in [7, 11) is 1.66. The maximum Gasteiger partial charge on any atom is 0.283 e. The van der Waals surface area contributed by atoms with E-state index in [1.807, 2.05) is 0 Å². The molecule has 1 amide bonds. The average molecular weight is 165 g/mol. The number of thioether (sulfide) groups is 1. The van der Waals surface area contributed by atoms with Crippen LogP contribution < -0.4 is 0 Å². The van der Waals surface area contributed by atoms with Crippen LogP contribution in [0, 0.1) is 24.7 Å². The number of rotatable bonds is 0. The Hall–Kier alpha value is -1.06. The maximum atomic E-state index is 11.0. The van der Waals surface area contributed by atoms with Gasteiger partial charge in [-0.25, -0.2) is 0 Å². The molecule has 0 spiro atoms. The van der Waals surface area contributed by atoms with Gasteiger partial charge in [-0.1, -0.05) is 11.8 Å². The fourth-order valence-corrected chi connectivity index (χ4v) is 1.85. The summed E-state index contributed by atoms with van der Waals surface area (Å²) in [5, 5.41) is -0.228. The number of hydrogen-bond donors (Lipinski definition) is 0. The van der Waals surface area contributed by atoms with Gasteiger partial charge < -0.3 is 4.90 Å². The van der Waals surface area contributed by atoms with Crippen LogP contribution in [0.15, 0.2) is 0 Å². The highest BCUT2D eigenvalue weighted by Gasteiger charge is 2.35. The molecule has 0 aromatic carbocycles. The highest BCUT2D eigenvalue weighted by molar-refractivity contribution is 8.14. The minimum atomic E-state index is -0.238. The summed E-state index contributed by atoms with van der Waals surface area (Å²) >= 11 is 1.11. The van der Waals surface area contributed by atoms with Gasteiger partial charge in [0.25, 0.3) is 5.24 Å². The standard InChI is InChI=1S/C8H7NOS/c1-4-6-7(5-2)11-8(10)9(6)3/h1-2,6-7H,3H3. The van der Waals surface area contributed by atoms with E-state index in [2.05, 4.69) is 11.8 Å². The fraction of sp³-hybridized carbons (Fsp3) is 0.375. The summed E-state index contributed by atoms with van der Waals surface area (Å²) in [5.74, 6) is 4.97. The van der Waals surface area contributed by atoms with Crippen molar-refractivity contribution in [1.82, 2.24) is 4.90 Å². The quantitative estimate of drug-likeness (QED) is 0.495. The molecule has 0 aromatic rings. The first kappa shape index (κ1) is 8.04. The van der Waals surface area contributed by atoms with Crippen LogP contribution in [0.25, 0.3) is 0 Å². The lowest BCUT2D eigenvalue weighted by molar-refractivity contribution is 0.232. The molecule has 56 valence electrons. The molecule has 1 aliphatic heterocycles. The molecule has 0 radical (unpaired) electrons. The minimum absolute atomic E-state index is 0.0455. The minimum Gasteiger partial charge on any atom is -0.321 e. The summed E-state index contributed by atoms with van der Waals surface area (Å²) in [6.07, 6.45) is 10.4. The van der Waals surface area contributed by atoms with Crippen LogP contribution >= 0.6 is 11.8 Å². The Labute approximate surface area is 70.3 Å². The summed E-state index contributed by atoms with van der Waals surface area (Å²) in [6.45, 7) is 0. The van der Waals surface area contributed by atoms with Crippen LogP contribution in [-0.4, -0.2) is 28.5 Å². The number of amides is 1. The predicted molar refractivity (Wildman–Crippen MR) is 46.0 cm³/mol. The number of carbonyl (C=O) groups excluding carboxylic acids is 1. The predicted octanol–water partition coefficient (Wildman–Crippen LogP) is 0.789. The van der Waals surface area contributed by atoms with E-state index in [4.69, 9.17) is 12.8 Å². The van der Waals surface area contributed by atoms with Crippen molar-refractivity contribution >= 4 is 17.0 Å². The molecule has 0 saturated carbocycles. The molecule has 1 aliphatic rings. The van der Waals surface area contributed by atoms with E-state index in [1.165, 1.54) is 4.90 Å². The molecule has 1 rings (SSSR count). The van der Waals surface area contributed by atoms with E-state index in [1.54, 1.807) is 7.05 Å². The molecule has 3 heteroatoms. The van der Waals surface area contributed by atoms with Gasteiger partial charge in [0.1, 0.15) is 11.3 Å². The van der Waals surface area contributed by atoms with E-state index < -0.39 is 0 Å². The third kappa shape index (κ3) is 1.20. The van der Waals surface area contributed by atoms with E-state index in [0.29, 0.717) is 0 Å². The van der Waals surface area contributed by atoms with Crippen molar-refractivity contribution < 1.29 is 4.79 Å². The lowest BCUT2D eigenvalue weighted by Gasteiger charge is -2.13. The van der Waals surface area contributed by atoms with Gasteiger partial charge in [-0.15, -0.1) is 12.8 Å². The van der Waals surface area contributed by atoms with E-state index in [0.717, 1.165) is 11.8 Å². The number of hydrogen-bond acceptors (Lipinski definition) is 2. The molecule has 0 N–H and O–H groups in total. The van der Waals surface area contributed by atoms with Crippen molar-refractivity contribution in [2.24, 2.45) is 0 Å². The van der Waals surface area contributed by atoms with Crippen molar-refractivity contribution in [1.29, 1.82) is 0 Å². The second-order valence-electron chi connectivity index (χ2n) is 2.19. The van der Waals surface area contributed by atoms with Gasteiger partial charge in [0.05, 0.1) is 0 Å². The Morgan fingerprint density at radius 1 is 1.55 bits per heavy atom. The van der Waals surface area contributed by atoms with Crippen molar-refractivity contribution in [2.45, 2.75) is 11.3 Å². The van der Waals surface area contributed by atoms with Crippen molar-refractivity contribution in [3.63, 3.8) is 0 Å². The molecule has 2 atom stereocenters. The number of carbonyl (C=O) groups is 1. The smallest absolute Gasteiger partial charge is 0.283 e. The van der Waals surface area contributed by atoms with Crippen molar-refractivity contribution in [3.05, 3.63) is 0 Å². The van der Waals surface area contributed by atoms with Crippen LogP contribution in [0.1, 0.15) is 0 Å². The molecule has 0 bridgehead atoms. The Morgan fingerprint density at radius 3 is 2.55 bits per heavy atom. The Kier molecular flexibility index (Phi) is 2.12. The monoisotopic (exact) mass is 165 g/mol. The average Bonchev–Trinajstić information content (AvgIpc) is 2.28. The van der Waals surface area contributed by atoms with Gasteiger partial charge in [0, 0.05) is 7.05 Å². The molecule has 0 aromatic heterocycles. The van der Waals surface area contributed by atoms with Gasteiger partial charge in [0.15, 0.2) is 0 Å². The van der Waals surface area contributed by atoms with E-state index >= 15 is 0 Å². The summed E-state index contributed by atoms with van der Waals surface area (Å²) in [6, 6.07) is -0.238. The molecule has 1 heterocycles. The summed E-state index contributed by atoms with van der Waals surface area (Å²) in [4.78, 5) is 12.5. The van der Waals surface area contributed by atoms with Crippen LogP contribution in [0.5, 0.6) is 0 Å². The zero-order valence-corrected chi connectivity index (χ0v) is 6.89. The van der Waals surface area contributed by atoms with Crippen molar-refractivity contribution in [3.8, 4) is 24.7 Å². The Balaban J connectivity index is 2.85. The first-order chi connectivity index (χ1) is 5.20. The van der Waals surface area contributed by atoms with Crippen molar-refractivity contribution in [2.75, 3.05) is 7.05 Å². The fourth-order valence-electron chi connectivity index (χ4n) is 0.897.